The number of nitrogens with zero attached hydrogens (tertiary/aromatic N) is 1. The Bertz CT molecular complexity index is 1260. The van der Waals surface area contributed by atoms with E-state index in [9.17, 15) is 14.7 Å². The Kier molecular flexibility index (Phi) is 9.87. The van der Waals surface area contributed by atoms with Crippen LogP contribution in [-0.2, 0) is 14.3 Å². The van der Waals surface area contributed by atoms with Gasteiger partial charge in [0.15, 0.2) is 0 Å². The predicted molar refractivity (Wildman–Crippen MR) is 198 cm³/mol. The molecular weight excluding hydrogens is 615 g/mol. The quantitative estimate of drug-likeness (QED) is 0.193. The molecule has 0 spiro atoms. The van der Waals surface area contributed by atoms with Gasteiger partial charge >= 0.3 is 11.9 Å². The highest BCUT2D eigenvalue weighted by atomic mass is 32.2. The molecule has 272 valence electrons. The maximum Gasteiger partial charge on any atom is 0.306 e. The van der Waals surface area contributed by atoms with Crippen LogP contribution in [-0.4, -0.2) is 59.2 Å². The Morgan fingerprint density at radius 3 is 2.25 bits per heavy atom. The summed E-state index contributed by atoms with van der Waals surface area (Å²) in [6.07, 6.45) is 14.2. The molecule has 5 saturated carbocycles. The summed E-state index contributed by atoms with van der Waals surface area (Å²) in [5.74, 6) is 4.97. The van der Waals surface area contributed by atoms with Gasteiger partial charge in [0.1, 0.15) is 6.10 Å². The third-order valence-corrected chi connectivity index (χ3v) is 17.7. The maximum atomic E-state index is 13.2. The molecule has 1 saturated heterocycles. The third-order valence-electron chi connectivity index (χ3n) is 16.7. The van der Waals surface area contributed by atoms with Gasteiger partial charge in [-0.3, -0.25) is 9.59 Å². The second-order valence-electron chi connectivity index (χ2n) is 20.0. The minimum atomic E-state index is -0.862. The molecule has 0 radical (unpaired) electrons. The Balaban J connectivity index is 1.22. The number of rotatable bonds is 9. The van der Waals surface area contributed by atoms with Crippen molar-refractivity contribution in [3.63, 3.8) is 0 Å². The van der Waals surface area contributed by atoms with Crippen molar-refractivity contribution in [3.05, 3.63) is 12.2 Å². The highest BCUT2D eigenvalue weighted by molar-refractivity contribution is 7.99. The summed E-state index contributed by atoms with van der Waals surface area (Å²) in [4.78, 5) is 27.4. The summed E-state index contributed by atoms with van der Waals surface area (Å²) in [7, 11) is 0. The van der Waals surface area contributed by atoms with Crippen LogP contribution in [0.1, 0.15) is 139 Å². The summed E-state index contributed by atoms with van der Waals surface area (Å²) >= 11 is 2.13. The monoisotopic (exact) mass is 683 g/mol. The smallest absolute Gasteiger partial charge is 0.306 e. The summed E-state index contributed by atoms with van der Waals surface area (Å²) in [6.45, 7) is 27.4. The van der Waals surface area contributed by atoms with Crippen molar-refractivity contribution in [3.8, 4) is 0 Å². The van der Waals surface area contributed by atoms with E-state index in [4.69, 9.17) is 4.74 Å². The zero-order valence-corrected chi connectivity index (χ0v) is 32.7. The van der Waals surface area contributed by atoms with Crippen LogP contribution in [0.15, 0.2) is 12.2 Å². The number of hydrogen-bond acceptors (Lipinski definition) is 5. The van der Waals surface area contributed by atoms with Gasteiger partial charge in [0.2, 0.25) is 0 Å². The molecule has 5 nitrogen and oxygen atoms in total. The van der Waals surface area contributed by atoms with E-state index >= 15 is 0 Å². The molecule has 6 fully saturated rings. The minimum absolute atomic E-state index is 0.0242. The van der Waals surface area contributed by atoms with Crippen LogP contribution in [0, 0.1) is 62.1 Å². The molecule has 48 heavy (non-hydrogen) atoms. The molecule has 5 aliphatic carbocycles. The fourth-order valence-electron chi connectivity index (χ4n) is 14.2. The van der Waals surface area contributed by atoms with Gasteiger partial charge in [-0.05, 0) is 141 Å². The standard InChI is InChI=1S/C42H69NO4S/c1-28(2)29-12-17-42(20-21-43-22-24-48-25-23-43)19-18-40(8)30(36(29)42)10-11-32-39(7)15-14-33(38(5,6)31(39)13-16-41(32,40)9)47-35(46)27-37(3,4)26-34(44)45/h29-33,36H,1,10-27H2,2-9H3,(H,44,45)/t29?,30-,31?,32?,33?,36?,39+,40-,41-,42-/m1/s1. The van der Waals surface area contributed by atoms with E-state index in [0.29, 0.717) is 34.0 Å². The van der Waals surface area contributed by atoms with E-state index in [1.807, 2.05) is 13.8 Å². The first kappa shape index (κ1) is 36.8. The Morgan fingerprint density at radius 1 is 0.875 bits per heavy atom. The Labute approximate surface area is 297 Å². The van der Waals surface area contributed by atoms with Crippen molar-refractivity contribution in [1.29, 1.82) is 0 Å². The Hall–Kier alpha value is -1.01. The maximum absolute atomic E-state index is 13.2. The number of carboxylic acid groups (broad SMARTS) is 1. The number of carbonyl (C=O) groups is 2. The molecule has 5 unspecified atom stereocenters. The molecule has 1 aliphatic heterocycles. The first-order valence-corrected chi connectivity index (χ1v) is 20.9. The average molecular weight is 684 g/mol. The van der Waals surface area contributed by atoms with Gasteiger partial charge in [-0.25, -0.2) is 0 Å². The summed E-state index contributed by atoms with van der Waals surface area (Å²) in [5.41, 5.74) is 2.13. The minimum Gasteiger partial charge on any atom is -0.481 e. The first-order valence-electron chi connectivity index (χ1n) is 19.8. The fourth-order valence-corrected chi connectivity index (χ4v) is 15.1. The lowest BCUT2D eigenvalue weighted by molar-refractivity contribution is -0.250. The molecule has 1 heterocycles. The molecule has 0 aromatic rings. The number of fused-ring (bicyclic) bond motifs is 7. The summed E-state index contributed by atoms with van der Waals surface area (Å²) in [6, 6.07) is 0. The van der Waals surface area contributed by atoms with E-state index in [-0.39, 0.29) is 35.7 Å². The zero-order valence-electron chi connectivity index (χ0n) is 31.9. The van der Waals surface area contributed by atoms with E-state index in [1.54, 1.807) is 0 Å². The van der Waals surface area contributed by atoms with E-state index in [0.717, 1.165) is 24.7 Å². The average Bonchev–Trinajstić information content (AvgIpc) is 3.38. The van der Waals surface area contributed by atoms with Gasteiger partial charge in [0.05, 0.1) is 12.8 Å². The van der Waals surface area contributed by atoms with Crippen molar-refractivity contribution >= 4 is 23.7 Å². The summed E-state index contributed by atoms with van der Waals surface area (Å²) < 4.78 is 6.30. The van der Waals surface area contributed by atoms with Crippen molar-refractivity contribution in [2.24, 2.45) is 62.1 Å². The number of allylic oxidation sites excluding steroid dienone is 1. The van der Waals surface area contributed by atoms with Crippen molar-refractivity contribution < 1.29 is 19.4 Å². The molecule has 0 aromatic heterocycles. The second kappa shape index (κ2) is 12.9. The van der Waals surface area contributed by atoms with Crippen LogP contribution in [0.25, 0.3) is 0 Å². The van der Waals surface area contributed by atoms with Gasteiger partial charge in [0.25, 0.3) is 0 Å². The van der Waals surface area contributed by atoms with Crippen LogP contribution in [0.2, 0.25) is 0 Å². The second-order valence-corrected chi connectivity index (χ2v) is 21.2. The number of hydrogen-bond donors (Lipinski definition) is 1. The zero-order chi connectivity index (χ0) is 34.9. The molecule has 10 atom stereocenters. The lowest BCUT2D eigenvalue weighted by Gasteiger charge is -2.73. The molecule has 1 N–H and O–H groups in total. The van der Waals surface area contributed by atoms with E-state index in [1.165, 1.54) is 94.5 Å². The van der Waals surface area contributed by atoms with Crippen molar-refractivity contribution in [2.75, 3.05) is 31.1 Å². The Morgan fingerprint density at radius 2 is 1.58 bits per heavy atom. The highest BCUT2D eigenvalue weighted by Crippen LogP contribution is 2.78. The van der Waals surface area contributed by atoms with Crippen LogP contribution >= 0.6 is 11.8 Å². The molecule has 6 heteroatoms. The van der Waals surface area contributed by atoms with Gasteiger partial charge < -0.3 is 14.7 Å². The molecule has 6 rings (SSSR count). The highest BCUT2D eigenvalue weighted by Gasteiger charge is 2.71. The van der Waals surface area contributed by atoms with Gasteiger partial charge in [-0.2, -0.15) is 11.8 Å². The molecule has 0 amide bonds. The van der Waals surface area contributed by atoms with Crippen molar-refractivity contribution in [1.82, 2.24) is 4.90 Å². The molecule has 0 bridgehead atoms. The third kappa shape index (κ3) is 6.05. The molecule has 0 aromatic carbocycles. The lowest BCUT2D eigenvalue weighted by Crippen LogP contribution is -2.66. The lowest BCUT2D eigenvalue weighted by atomic mass is 9.32. The first-order chi connectivity index (χ1) is 22.4. The summed E-state index contributed by atoms with van der Waals surface area (Å²) in [5, 5.41) is 9.34. The largest absolute Gasteiger partial charge is 0.481 e. The SMILES string of the molecule is C=C(C)C1CC[C@]2(CCN3CCSCC3)CC[C@]3(C)[C@H](CCC4[C@@]5(C)CCC(OC(=O)CC(C)(C)CC(=O)O)C(C)(C)C5CC[C@]43C)C12. The van der Waals surface area contributed by atoms with Crippen LogP contribution in [0.5, 0.6) is 0 Å². The number of esters is 1. The number of thioether (sulfide) groups is 1. The van der Waals surface area contributed by atoms with E-state index in [2.05, 4.69) is 64.8 Å². The topological polar surface area (TPSA) is 66.8 Å². The number of carboxylic acids is 1. The predicted octanol–water partition coefficient (Wildman–Crippen LogP) is 9.89. The number of ether oxygens (including phenoxy) is 1. The normalized spacial score (nSPS) is 44.1. The van der Waals surface area contributed by atoms with Crippen LogP contribution in [0.3, 0.4) is 0 Å². The van der Waals surface area contributed by atoms with Gasteiger partial charge in [-0.15, -0.1) is 0 Å². The molecule has 6 aliphatic rings. The van der Waals surface area contributed by atoms with Crippen LogP contribution in [0.4, 0.5) is 0 Å². The molecular formula is C42H69NO4S. The van der Waals surface area contributed by atoms with Gasteiger partial charge in [-0.1, -0.05) is 60.6 Å². The fraction of sp³-hybridized carbons (Fsp3) is 0.905. The number of carbonyl (C=O) groups excluding carboxylic acids is 1. The van der Waals surface area contributed by atoms with Gasteiger partial charge in [0, 0.05) is 30.0 Å². The van der Waals surface area contributed by atoms with Crippen molar-refractivity contribution in [2.45, 2.75) is 145 Å². The van der Waals surface area contributed by atoms with Crippen LogP contribution < -0.4 is 0 Å². The number of aliphatic carboxylic acids is 1. The van der Waals surface area contributed by atoms with E-state index < -0.39 is 11.4 Å².